The Labute approximate surface area is 248 Å². The van der Waals surface area contributed by atoms with Crippen LogP contribution in [0.1, 0.15) is 23.2 Å². The van der Waals surface area contributed by atoms with Gasteiger partial charge in [0.15, 0.2) is 5.79 Å². The van der Waals surface area contributed by atoms with Crippen LogP contribution in [0.15, 0.2) is 65.7 Å². The number of aromatic nitrogens is 2. The van der Waals surface area contributed by atoms with Gasteiger partial charge in [0.05, 0.1) is 38.5 Å². The van der Waals surface area contributed by atoms with Gasteiger partial charge in [0, 0.05) is 48.8 Å². The summed E-state index contributed by atoms with van der Waals surface area (Å²) >= 11 is 0. The highest BCUT2D eigenvalue weighted by Gasteiger charge is 2.41. The number of rotatable bonds is 7. The maximum atomic E-state index is 13.5. The fourth-order valence-corrected chi connectivity index (χ4v) is 6.56. The maximum absolute atomic E-state index is 13.5. The molecule has 0 unspecified atom stereocenters. The highest BCUT2D eigenvalue weighted by molar-refractivity contribution is 7.92. The summed E-state index contributed by atoms with van der Waals surface area (Å²) < 4.78 is 51.3. The molecule has 1 spiro atoms. The number of benzene rings is 2. The lowest BCUT2D eigenvalue weighted by Crippen LogP contribution is -2.47. The van der Waals surface area contributed by atoms with Crippen LogP contribution in [-0.2, 0) is 19.5 Å². The molecule has 2 aromatic carbocycles. The third-order valence-corrected chi connectivity index (χ3v) is 9.05. The van der Waals surface area contributed by atoms with Crippen LogP contribution in [0.5, 0.6) is 11.6 Å². The first kappa shape index (κ1) is 28.6. The van der Waals surface area contributed by atoms with Crippen LogP contribution in [0, 0.1) is 0 Å². The standard InChI is InChI=1S/C30H31N5O7S/c1-39-23-6-4-22(5-7-23)34-43(37,38)26-17-21(18-32-28(26)40-2)19-3-8-25-20(15-19)16-24(27(31)33-25)29(36)35-11-9-30(10-12-35)41-13-14-42-30/h3-8,15-18,34H,9-14H2,1-2H3,(H2,31,33). The predicted octanol–water partition coefficient (Wildman–Crippen LogP) is 3.68. The lowest BCUT2D eigenvalue weighted by Gasteiger charge is -2.37. The van der Waals surface area contributed by atoms with Crippen LogP contribution in [0.4, 0.5) is 11.5 Å². The number of piperidine rings is 1. The van der Waals surface area contributed by atoms with E-state index in [1.165, 1.54) is 26.5 Å². The molecule has 0 radical (unpaired) electrons. The molecule has 2 saturated heterocycles. The molecule has 2 fully saturated rings. The van der Waals surface area contributed by atoms with Crippen molar-refractivity contribution in [1.29, 1.82) is 0 Å². The second-order valence-corrected chi connectivity index (χ2v) is 11.9. The lowest BCUT2D eigenvalue weighted by atomic mass is 10.0. The minimum absolute atomic E-state index is 0.0513. The van der Waals surface area contributed by atoms with Crippen LogP contribution >= 0.6 is 0 Å². The minimum atomic E-state index is -4.07. The van der Waals surface area contributed by atoms with Gasteiger partial charge in [-0.05, 0) is 54.1 Å². The van der Waals surface area contributed by atoms with Gasteiger partial charge in [-0.25, -0.2) is 18.4 Å². The smallest absolute Gasteiger partial charge is 0.267 e. The number of amides is 1. The highest BCUT2D eigenvalue weighted by atomic mass is 32.2. The van der Waals surface area contributed by atoms with Gasteiger partial charge >= 0.3 is 0 Å². The lowest BCUT2D eigenvalue weighted by molar-refractivity contribution is -0.181. The number of carbonyl (C=O) groups is 1. The maximum Gasteiger partial charge on any atom is 0.267 e. The van der Waals surface area contributed by atoms with Gasteiger partial charge in [0.1, 0.15) is 16.5 Å². The average molecular weight is 606 g/mol. The third kappa shape index (κ3) is 5.66. The van der Waals surface area contributed by atoms with Crippen molar-refractivity contribution in [3.05, 3.63) is 66.4 Å². The molecule has 0 aliphatic carbocycles. The number of hydrogen-bond acceptors (Lipinski definition) is 10. The molecule has 2 aromatic heterocycles. The Morgan fingerprint density at radius 1 is 0.977 bits per heavy atom. The first-order valence-electron chi connectivity index (χ1n) is 13.7. The summed E-state index contributed by atoms with van der Waals surface area (Å²) in [5, 5.41) is 0.669. The summed E-state index contributed by atoms with van der Waals surface area (Å²) in [7, 11) is -1.18. The fourth-order valence-electron chi connectivity index (χ4n) is 5.35. The number of hydrogen-bond donors (Lipinski definition) is 2. The van der Waals surface area contributed by atoms with E-state index < -0.39 is 15.8 Å². The van der Waals surface area contributed by atoms with Crippen molar-refractivity contribution in [2.75, 3.05) is 51.0 Å². The van der Waals surface area contributed by atoms with Gasteiger partial charge < -0.3 is 29.6 Å². The van der Waals surface area contributed by atoms with E-state index in [1.54, 1.807) is 47.4 Å². The zero-order chi connectivity index (χ0) is 30.2. The molecule has 0 saturated carbocycles. The first-order valence-corrected chi connectivity index (χ1v) is 15.2. The summed E-state index contributed by atoms with van der Waals surface area (Å²) in [6, 6.07) is 15.1. The quantitative estimate of drug-likeness (QED) is 0.319. The fraction of sp³-hybridized carbons (Fsp3) is 0.300. The van der Waals surface area contributed by atoms with Gasteiger partial charge in [0.25, 0.3) is 15.9 Å². The largest absolute Gasteiger partial charge is 0.497 e. The third-order valence-electron chi connectivity index (χ3n) is 7.68. The Balaban J connectivity index is 1.29. The topological polar surface area (TPSA) is 155 Å². The van der Waals surface area contributed by atoms with Crippen LogP contribution in [0.3, 0.4) is 0 Å². The van der Waals surface area contributed by atoms with Crippen LogP contribution in [0.25, 0.3) is 22.0 Å². The molecule has 6 rings (SSSR count). The number of anilines is 2. The number of nitrogens with zero attached hydrogens (tertiary/aromatic N) is 3. The average Bonchev–Trinajstić information content (AvgIpc) is 3.48. The van der Waals surface area contributed by atoms with Gasteiger partial charge in [0.2, 0.25) is 5.88 Å². The number of pyridine rings is 2. The number of fused-ring (bicyclic) bond motifs is 1. The van der Waals surface area contributed by atoms with Gasteiger partial charge in [-0.15, -0.1) is 0 Å². The Morgan fingerprint density at radius 3 is 2.37 bits per heavy atom. The summed E-state index contributed by atoms with van der Waals surface area (Å²) in [5.41, 5.74) is 8.67. The van der Waals surface area contributed by atoms with Crippen LogP contribution in [0.2, 0.25) is 0 Å². The van der Waals surface area contributed by atoms with E-state index in [0.29, 0.717) is 78.2 Å². The summed E-state index contributed by atoms with van der Waals surface area (Å²) in [6.45, 7) is 2.09. The number of nitrogen functional groups attached to an aromatic ring is 1. The van der Waals surface area contributed by atoms with Crippen molar-refractivity contribution in [1.82, 2.24) is 14.9 Å². The van der Waals surface area contributed by atoms with E-state index in [0.717, 1.165) is 0 Å². The second-order valence-electron chi connectivity index (χ2n) is 10.3. The van der Waals surface area contributed by atoms with Crippen molar-refractivity contribution in [2.24, 2.45) is 0 Å². The molecule has 2 aliphatic heterocycles. The molecule has 1 amide bonds. The van der Waals surface area contributed by atoms with Gasteiger partial charge in [-0.1, -0.05) is 6.07 Å². The molecule has 3 N–H and O–H groups in total. The number of carbonyl (C=O) groups excluding carboxylic acids is 1. The number of sulfonamides is 1. The Hall–Kier alpha value is -4.46. The van der Waals surface area contributed by atoms with E-state index in [1.807, 2.05) is 6.07 Å². The highest BCUT2D eigenvalue weighted by Crippen LogP contribution is 2.34. The zero-order valence-corrected chi connectivity index (χ0v) is 24.5. The molecule has 2 aliphatic rings. The predicted molar refractivity (Wildman–Crippen MR) is 160 cm³/mol. The van der Waals surface area contributed by atoms with E-state index in [2.05, 4.69) is 14.7 Å². The van der Waals surface area contributed by atoms with Gasteiger partial charge in [-0.2, -0.15) is 0 Å². The van der Waals surface area contributed by atoms with Crippen molar-refractivity contribution in [2.45, 2.75) is 23.5 Å². The van der Waals surface area contributed by atoms with E-state index in [9.17, 15) is 13.2 Å². The minimum Gasteiger partial charge on any atom is -0.497 e. The second kappa shape index (κ2) is 11.3. The SMILES string of the molecule is COc1ccc(NS(=O)(=O)c2cc(-c3ccc4nc(N)c(C(=O)N5CCC6(CC5)OCCO6)cc4c3)cnc2OC)cc1. The van der Waals surface area contributed by atoms with Crippen LogP contribution < -0.4 is 19.9 Å². The molecule has 4 aromatic rings. The zero-order valence-electron chi connectivity index (χ0n) is 23.7. The molecular weight excluding hydrogens is 574 g/mol. The molecule has 0 bridgehead atoms. The van der Waals surface area contributed by atoms with Crippen molar-refractivity contribution in [3.63, 3.8) is 0 Å². The molecule has 12 nitrogen and oxygen atoms in total. The monoisotopic (exact) mass is 605 g/mol. The molecule has 0 atom stereocenters. The van der Waals surface area contributed by atoms with Crippen molar-refractivity contribution in [3.8, 4) is 22.8 Å². The molecular formula is C30H31N5O7S. The first-order chi connectivity index (χ1) is 20.7. The Bertz CT molecular complexity index is 1780. The molecule has 224 valence electrons. The van der Waals surface area contributed by atoms with E-state index in [4.69, 9.17) is 24.7 Å². The van der Waals surface area contributed by atoms with Crippen LogP contribution in [-0.4, -0.2) is 75.5 Å². The number of ether oxygens (including phenoxy) is 4. The van der Waals surface area contributed by atoms with E-state index >= 15 is 0 Å². The van der Waals surface area contributed by atoms with Crippen molar-refractivity contribution >= 4 is 38.3 Å². The molecule has 13 heteroatoms. The Morgan fingerprint density at radius 2 is 1.70 bits per heavy atom. The number of nitrogens with two attached hydrogens (primary N) is 1. The summed E-state index contributed by atoms with van der Waals surface area (Å²) in [6.07, 6.45) is 2.71. The number of methoxy groups -OCH3 is 2. The van der Waals surface area contributed by atoms with Crippen molar-refractivity contribution < 1.29 is 32.2 Å². The summed E-state index contributed by atoms with van der Waals surface area (Å²) in [5.74, 6) is -0.122. The Kier molecular flexibility index (Phi) is 7.54. The summed E-state index contributed by atoms with van der Waals surface area (Å²) in [4.78, 5) is 23.8. The van der Waals surface area contributed by atoms with Gasteiger partial charge in [-0.3, -0.25) is 9.52 Å². The normalized spacial score (nSPS) is 16.4. The number of nitrogens with one attached hydrogen (secondary N) is 1. The molecule has 43 heavy (non-hydrogen) atoms. The van der Waals surface area contributed by atoms with E-state index in [-0.39, 0.29) is 22.5 Å². The number of likely N-dealkylation sites (tertiary alicyclic amines) is 1. The molecule has 4 heterocycles.